The van der Waals surface area contributed by atoms with E-state index < -0.39 is 5.97 Å². The van der Waals surface area contributed by atoms with Crippen LogP contribution < -0.4 is 0 Å². The highest BCUT2D eigenvalue weighted by molar-refractivity contribution is 5.96. The minimum atomic E-state index is -1.06. The van der Waals surface area contributed by atoms with Crippen LogP contribution in [0.3, 0.4) is 0 Å². The van der Waals surface area contributed by atoms with E-state index in [1.807, 2.05) is 0 Å². The van der Waals surface area contributed by atoms with Crippen LogP contribution in [0.2, 0.25) is 0 Å². The molecule has 0 saturated carbocycles. The Balaban J connectivity index is 2.99. The number of hydrogen-bond acceptors (Lipinski definition) is 2. The molecule has 0 amide bonds. The molecule has 11 heavy (non-hydrogen) atoms. The van der Waals surface area contributed by atoms with E-state index in [0.29, 0.717) is 5.56 Å². The first-order valence-corrected chi connectivity index (χ1v) is 3.04. The molecular weight excluding hydrogens is 146 g/mol. The Morgan fingerprint density at radius 3 is 2.45 bits per heavy atom. The second-order valence-electron chi connectivity index (χ2n) is 2.16. The summed E-state index contributed by atoms with van der Waals surface area (Å²) < 4.78 is 0. The number of aromatic carboxylic acids is 1. The predicted molar refractivity (Wildman–Crippen MR) is 37.8 cm³/mol. The van der Waals surface area contributed by atoms with Crippen molar-refractivity contribution in [3.8, 4) is 0 Å². The van der Waals surface area contributed by atoms with Crippen LogP contribution in [0.25, 0.3) is 0 Å². The average Bonchev–Trinajstić information content (AvgIpc) is 2.33. The van der Waals surface area contributed by atoms with Crippen molar-refractivity contribution in [2.24, 2.45) is 0 Å². The molecule has 0 aliphatic heterocycles. The number of aromatic nitrogens is 1. The molecule has 4 nitrogen and oxygen atoms in total. The Hall–Kier alpha value is -1.58. The Labute approximate surface area is 62.9 Å². The third-order valence-electron chi connectivity index (χ3n) is 1.32. The number of nitrogens with one attached hydrogen (secondary N) is 1. The van der Waals surface area contributed by atoms with Crippen molar-refractivity contribution in [2.75, 3.05) is 0 Å². The summed E-state index contributed by atoms with van der Waals surface area (Å²) >= 11 is 0. The van der Waals surface area contributed by atoms with E-state index in [1.165, 1.54) is 19.2 Å². The molecule has 0 unspecified atom stereocenters. The fraction of sp³-hybridized carbons (Fsp3) is 0.143. The van der Waals surface area contributed by atoms with Crippen molar-refractivity contribution < 1.29 is 14.7 Å². The highest BCUT2D eigenvalue weighted by Crippen LogP contribution is 2.03. The summed E-state index contributed by atoms with van der Waals surface area (Å²) in [6.45, 7) is 1.38. The number of carboxylic acids is 1. The molecule has 1 rings (SSSR count). The fourth-order valence-corrected chi connectivity index (χ4v) is 0.721. The third kappa shape index (κ3) is 1.46. The molecule has 2 N–H and O–H groups in total. The van der Waals surface area contributed by atoms with Crippen LogP contribution in [0.1, 0.15) is 27.8 Å². The topological polar surface area (TPSA) is 70.2 Å². The maximum absolute atomic E-state index is 10.7. The number of carboxylic acid groups (broad SMARTS) is 1. The maximum Gasteiger partial charge on any atom is 0.352 e. The van der Waals surface area contributed by atoms with Gasteiger partial charge in [-0.25, -0.2) is 4.79 Å². The van der Waals surface area contributed by atoms with E-state index in [4.69, 9.17) is 5.11 Å². The molecular formula is C7H7NO3. The van der Waals surface area contributed by atoms with E-state index in [9.17, 15) is 9.59 Å². The first kappa shape index (κ1) is 7.53. The first-order valence-electron chi connectivity index (χ1n) is 3.04. The van der Waals surface area contributed by atoms with Gasteiger partial charge in [0.05, 0.1) is 0 Å². The molecule has 1 heterocycles. The zero-order chi connectivity index (χ0) is 8.43. The molecule has 0 spiro atoms. The van der Waals surface area contributed by atoms with Gasteiger partial charge in [-0.1, -0.05) is 0 Å². The summed E-state index contributed by atoms with van der Waals surface area (Å²) in [5.74, 6) is -1.20. The summed E-state index contributed by atoms with van der Waals surface area (Å²) in [7, 11) is 0. The summed E-state index contributed by atoms with van der Waals surface area (Å²) in [6.07, 6.45) is 1.38. The largest absolute Gasteiger partial charge is 0.477 e. The second-order valence-corrected chi connectivity index (χ2v) is 2.16. The van der Waals surface area contributed by atoms with Gasteiger partial charge in [0.15, 0.2) is 5.78 Å². The highest BCUT2D eigenvalue weighted by atomic mass is 16.4. The number of ketones is 1. The van der Waals surface area contributed by atoms with Crippen LogP contribution in [0.4, 0.5) is 0 Å². The van der Waals surface area contributed by atoms with Crippen LogP contribution in [0.5, 0.6) is 0 Å². The van der Waals surface area contributed by atoms with Crippen LogP contribution >= 0.6 is 0 Å². The lowest BCUT2D eigenvalue weighted by atomic mass is 10.2. The third-order valence-corrected chi connectivity index (χ3v) is 1.32. The zero-order valence-corrected chi connectivity index (χ0v) is 5.92. The molecule has 4 heteroatoms. The zero-order valence-electron chi connectivity index (χ0n) is 5.92. The van der Waals surface area contributed by atoms with Crippen molar-refractivity contribution in [1.29, 1.82) is 0 Å². The molecule has 0 bridgehead atoms. The normalized spacial score (nSPS) is 9.55. The number of aromatic amines is 1. The summed E-state index contributed by atoms with van der Waals surface area (Å²) in [6, 6.07) is 1.31. The Kier molecular flexibility index (Phi) is 1.76. The Morgan fingerprint density at radius 2 is 2.18 bits per heavy atom. The quantitative estimate of drug-likeness (QED) is 0.620. The van der Waals surface area contributed by atoms with Crippen LogP contribution in [0, 0.1) is 0 Å². The number of carbonyl (C=O) groups is 2. The SMILES string of the molecule is CC(=O)c1c[nH]c(C(=O)O)c1. The van der Waals surface area contributed by atoms with Gasteiger partial charge < -0.3 is 10.1 Å². The molecule has 0 aromatic carbocycles. The minimum absolute atomic E-state index is 0.0372. The van der Waals surface area contributed by atoms with Crippen LogP contribution in [-0.2, 0) is 0 Å². The van der Waals surface area contributed by atoms with E-state index in [2.05, 4.69) is 4.98 Å². The van der Waals surface area contributed by atoms with E-state index in [0.717, 1.165) is 0 Å². The number of hydrogen-bond donors (Lipinski definition) is 2. The monoisotopic (exact) mass is 153 g/mol. The van der Waals surface area contributed by atoms with E-state index >= 15 is 0 Å². The van der Waals surface area contributed by atoms with Crippen molar-refractivity contribution in [1.82, 2.24) is 4.98 Å². The molecule has 0 aliphatic carbocycles. The van der Waals surface area contributed by atoms with Crippen molar-refractivity contribution in [3.63, 3.8) is 0 Å². The first-order chi connectivity index (χ1) is 5.11. The Morgan fingerprint density at radius 1 is 1.55 bits per heavy atom. The number of Topliss-reactive ketones (excluding diaryl/α,β-unsaturated/α-hetero) is 1. The molecule has 0 saturated heterocycles. The average molecular weight is 153 g/mol. The molecule has 0 aliphatic rings. The van der Waals surface area contributed by atoms with Crippen molar-refractivity contribution in [2.45, 2.75) is 6.92 Å². The van der Waals surface area contributed by atoms with Gasteiger partial charge >= 0.3 is 5.97 Å². The van der Waals surface area contributed by atoms with Gasteiger partial charge in [-0.3, -0.25) is 4.79 Å². The minimum Gasteiger partial charge on any atom is -0.477 e. The second kappa shape index (κ2) is 2.57. The molecule has 0 atom stereocenters. The standard InChI is InChI=1S/C7H7NO3/c1-4(9)5-2-6(7(10)11)8-3-5/h2-3,8H,1H3,(H,10,11). The molecule has 58 valence electrons. The maximum atomic E-state index is 10.7. The lowest BCUT2D eigenvalue weighted by Crippen LogP contribution is -1.95. The highest BCUT2D eigenvalue weighted by Gasteiger charge is 2.07. The summed E-state index contributed by atoms with van der Waals surface area (Å²) in [4.78, 5) is 23.4. The smallest absolute Gasteiger partial charge is 0.352 e. The van der Waals surface area contributed by atoms with E-state index in [-0.39, 0.29) is 11.5 Å². The lowest BCUT2D eigenvalue weighted by molar-refractivity contribution is 0.0691. The van der Waals surface area contributed by atoms with Gasteiger partial charge in [-0.05, 0) is 13.0 Å². The van der Waals surface area contributed by atoms with E-state index in [1.54, 1.807) is 0 Å². The van der Waals surface area contributed by atoms with Gasteiger partial charge in [0.1, 0.15) is 5.69 Å². The number of rotatable bonds is 2. The predicted octanol–water partition coefficient (Wildman–Crippen LogP) is 0.915. The van der Waals surface area contributed by atoms with Gasteiger partial charge in [0, 0.05) is 11.8 Å². The molecule has 1 aromatic rings. The van der Waals surface area contributed by atoms with Crippen molar-refractivity contribution >= 4 is 11.8 Å². The summed E-state index contributed by atoms with van der Waals surface area (Å²) in [5.41, 5.74) is 0.428. The van der Waals surface area contributed by atoms with Gasteiger partial charge in [-0.15, -0.1) is 0 Å². The van der Waals surface area contributed by atoms with Gasteiger partial charge in [-0.2, -0.15) is 0 Å². The van der Waals surface area contributed by atoms with Crippen LogP contribution in [-0.4, -0.2) is 21.8 Å². The summed E-state index contributed by atoms with van der Waals surface area (Å²) in [5, 5.41) is 8.44. The number of carbonyl (C=O) groups excluding carboxylic acids is 1. The van der Waals surface area contributed by atoms with Gasteiger partial charge in [0.25, 0.3) is 0 Å². The molecule has 0 fully saturated rings. The van der Waals surface area contributed by atoms with Crippen LogP contribution in [0.15, 0.2) is 12.3 Å². The fourth-order valence-electron chi connectivity index (χ4n) is 0.721. The van der Waals surface area contributed by atoms with Gasteiger partial charge in [0.2, 0.25) is 0 Å². The Bertz CT molecular complexity index is 272. The number of H-pyrrole nitrogens is 1. The molecule has 0 radical (unpaired) electrons. The van der Waals surface area contributed by atoms with Crippen molar-refractivity contribution in [3.05, 3.63) is 23.5 Å². The molecule has 1 aromatic heterocycles. The lowest BCUT2D eigenvalue weighted by Gasteiger charge is -1.83.